The molecule has 0 bridgehead atoms. The molecule has 0 spiro atoms. The highest BCUT2D eigenvalue weighted by molar-refractivity contribution is 6.39. The van der Waals surface area contributed by atoms with Crippen LogP contribution in [0, 0.1) is 0 Å². The van der Waals surface area contributed by atoms with Crippen LogP contribution in [-0.4, -0.2) is 58.7 Å². The topological polar surface area (TPSA) is 148 Å². The maximum Gasteiger partial charge on any atom is 0.377 e. The fraction of sp³-hybridized carbons (Fsp3) is 0.571. The molecule has 1 aliphatic heterocycles. The zero-order chi connectivity index (χ0) is 13.0. The van der Waals surface area contributed by atoms with Crippen molar-refractivity contribution in [3.8, 4) is 0 Å². The second-order valence-electron chi connectivity index (χ2n) is 3.02. The van der Waals surface area contributed by atoms with Gasteiger partial charge in [-0.1, -0.05) is 10.3 Å². The number of esters is 1. The van der Waals surface area contributed by atoms with E-state index >= 15 is 0 Å². The van der Waals surface area contributed by atoms with Crippen LogP contribution in [-0.2, 0) is 14.3 Å². The van der Waals surface area contributed by atoms with Gasteiger partial charge in [0.15, 0.2) is 0 Å². The van der Waals surface area contributed by atoms with Crippen LogP contribution in [0.1, 0.15) is 0 Å². The molecule has 2 N–H and O–H groups in total. The van der Waals surface area contributed by atoms with Gasteiger partial charge in [0.1, 0.15) is 6.04 Å². The van der Waals surface area contributed by atoms with Crippen molar-refractivity contribution in [2.45, 2.75) is 12.1 Å². The van der Waals surface area contributed by atoms with Gasteiger partial charge < -0.3 is 15.1 Å². The quantitative estimate of drug-likeness (QED) is 0.0721. The number of aliphatic hydroxyl groups is 1. The lowest BCUT2D eigenvalue weighted by Gasteiger charge is -2.42. The Labute approximate surface area is 94.7 Å². The van der Waals surface area contributed by atoms with Crippen molar-refractivity contribution >= 4 is 17.7 Å². The Hall–Kier alpha value is -2.32. The zero-order valence-electron chi connectivity index (χ0n) is 8.72. The van der Waals surface area contributed by atoms with Gasteiger partial charge in [-0.3, -0.25) is 9.69 Å². The van der Waals surface area contributed by atoms with Crippen LogP contribution in [0.4, 0.5) is 0 Å². The van der Waals surface area contributed by atoms with Crippen molar-refractivity contribution in [1.29, 1.82) is 0 Å². The molecule has 1 fully saturated rings. The van der Waals surface area contributed by atoms with E-state index in [1.807, 2.05) is 0 Å². The first-order valence-corrected chi connectivity index (χ1v) is 4.40. The number of β-lactam (4-membered cyclic amide) rings is 1. The standard InChI is InChI=1S/C7H9N5O5/c1-17-7(15)5(10-16)12-3(2-13)4(6(12)14)9-11-8/h3-4,13,16H,2H2,1H3/b10-5-/t3-,4+/m0/s1. The minimum Gasteiger partial charge on any atom is -0.463 e. The van der Waals surface area contributed by atoms with Gasteiger partial charge in [-0.15, -0.1) is 0 Å². The first-order valence-electron chi connectivity index (χ1n) is 4.40. The van der Waals surface area contributed by atoms with Crippen LogP contribution >= 0.6 is 0 Å². The largest absolute Gasteiger partial charge is 0.463 e. The highest BCUT2D eigenvalue weighted by Gasteiger charge is 2.51. The molecule has 0 aromatic heterocycles. The fourth-order valence-electron chi connectivity index (χ4n) is 1.43. The number of likely N-dealkylation sites (tertiary alicyclic amines) is 1. The normalized spacial score (nSPS) is 23.8. The number of methoxy groups -OCH3 is 1. The minimum atomic E-state index is -1.12. The SMILES string of the molecule is COC(=O)/C(=N/O)N1C(=O)[C@H](N=[N+]=[N-])[C@@H]1CO. The molecule has 10 nitrogen and oxygen atoms in total. The molecule has 0 radical (unpaired) electrons. The summed E-state index contributed by atoms with van der Waals surface area (Å²) >= 11 is 0. The first-order chi connectivity index (χ1) is 8.12. The molecule has 1 rings (SSSR count). The third-order valence-corrected chi connectivity index (χ3v) is 2.24. The van der Waals surface area contributed by atoms with E-state index in [2.05, 4.69) is 19.9 Å². The summed E-state index contributed by atoms with van der Waals surface area (Å²) in [5.41, 5.74) is 8.20. The predicted molar refractivity (Wildman–Crippen MR) is 51.9 cm³/mol. The summed E-state index contributed by atoms with van der Waals surface area (Å²) in [5.74, 6) is -2.46. The van der Waals surface area contributed by atoms with Crippen molar-refractivity contribution < 1.29 is 24.6 Å². The van der Waals surface area contributed by atoms with Crippen molar-refractivity contribution in [1.82, 2.24) is 4.90 Å². The maximum atomic E-state index is 11.5. The van der Waals surface area contributed by atoms with E-state index in [1.54, 1.807) is 0 Å². The number of ether oxygens (including phenoxy) is 1. The van der Waals surface area contributed by atoms with Gasteiger partial charge in [-0.2, -0.15) is 0 Å². The molecule has 1 amide bonds. The lowest BCUT2D eigenvalue weighted by molar-refractivity contribution is -0.147. The van der Waals surface area contributed by atoms with Crippen LogP contribution in [0.3, 0.4) is 0 Å². The summed E-state index contributed by atoms with van der Waals surface area (Å²) in [6, 6.07) is -2.06. The molecule has 0 aromatic rings. The number of amidine groups is 1. The van der Waals surface area contributed by atoms with Crippen LogP contribution in [0.15, 0.2) is 10.3 Å². The number of aliphatic hydroxyl groups excluding tert-OH is 1. The van der Waals surface area contributed by atoms with Gasteiger partial charge >= 0.3 is 5.97 Å². The summed E-state index contributed by atoms with van der Waals surface area (Å²) in [6.45, 7) is -0.550. The number of hydrogen-bond acceptors (Lipinski definition) is 7. The zero-order valence-corrected chi connectivity index (χ0v) is 8.72. The predicted octanol–water partition coefficient (Wildman–Crippen LogP) is -1.17. The van der Waals surface area contributed by atoms with Gasteiger partial charge in [-0.25, -0.2) is 4.79 Å². The van der Waals surface area contributed by atoms with Gasteiger partial charge in [-0.05, 0) is 5.53 Å². The molecule has 0 unspecified atom stereocenters. The Morgan fingerprint density at radius 1 is 1.71 bits per heavy atom. The van der Waals surface area contributed by atoms with Crippen molar-refractivity contribution in [3.05, 3.63) is 10.4 Å². The molecule has 1 saturated heterocycles. The molecule has 0 aromatic carbocycles. The average Bonchev–Trinajstić information content (AvgIpc) is 2.36. The summed E-state index contributed by atoms with van der Waals surface area (Å²) in [4.78, 5) is 25.8. The number of azide groups is 1. The molecule has 92 valence electrons. The Morgan fingerprint density at radius 3 is 2.76 bits per heavy atom. The lowest BCUT2D eigenvalue weighted by Crippen LogP contribution is -2.68. The van der Waals surface area contributed by atoms with Crippen LogP contribution in [0.25, 0.3) is 10.4 Å². The Balaban J connectivity index is 2.96. The maximum absolute atomic E-state index is 11.5. The second-order valence-corrected chi connectivity index (χ2v) is 3.02. The van der Waals surface area contributed by atoms with Crippen molar-refractivity contribution in [2.24, 2.45) is 10.3 Å². The summed E-state index contributed by atoms with van der Waals surface area (Å²) in [5, 5.41) is 23.4. The van der Waals surface area contributed by atoms with Gasteiger partial charge in [0, 0.05) is 4.91 Å². The molecule has 17 heavy (non-hydrogen) atoms. The molecule has 10 heteroatoms. The number of nitrogens with zero attached hydrogens (tertiary/aromatic N) is 5. The minimum absolute atomic E-state index is 0.550. The Bertz CT molecular complexity index is 415. The van der Waals surface area contributed by atoms with E-state index in [1.165, 1.54) is 0 Å². The van der Waals surface area contributed by atoms with Gasteiger partial charge in [0.2, 0.25) is 5.91 Å². The number of amides is 1. The van der Waals surface area contributed by atoms with Crippen molar-refractivity contribution in [2.75, 3.05) is 13.7 Å². The fourth-order valence-corrected chi connectivity index (χ4v) is 1.43. The third kappa shape index (κ3) is 1.98. The number of rotatable bonds is 2. The Morgan fingerprint density at radius 2 is 2.35 bits per heavy atom. The molecular weight excluding hydrogens is 234 g/mol. The monoisotopic (exact) mass is 243 g/mol. The number of carbonyl (C=O) groups is 2. The van der Waals surface area contributed by atoms with E-state index < -0.39 is 36.4 Å². The van der Waals surface area contributed by atoms with Crippen LogP contribution in [0.5, 0.6) is 0 Å². The van der Waals surface area contributed by atoms with E-state index in [4.69, 9.17) is 15.8 Å². The highest BCUT2D eigenvalue weighted by Crippen LogP contribution is 2.24. The summed E-state index contributed by atoms with van der Waals surface area (Å²) < 4.78 is 4.29. The summed E-state index contributed by atoms with van der Waals surface area (Å²) in [7, 11) is 1.04. The van der Waals surface area contributed by atoms with Gasteiger partial charge in [0.05, 0.1) is 19.8 Å². The average molecular weight is 243 g/mol. The molecular formula is C7H9N5O5. The highest BCUT2D eigenvalue weighted by atomic mass is 16.5. The third-order valence-electron chi connectivity index (χ3n) is 2.24. The smallest absolute Gasteiger partial charge is 0.377 e. The number of oxime groups is 1. The molecule has 1 aliphatic rings. The van der Waals surface area contributed by atoms with Crippen molar-refractivity contribution in [3.63, 3.8) is 0 Å². The lowest BCUT2D eigenvalue weighted by atomic mass is 9.96. The molecule has 0 aliphatic carbocycles. The van der Waals surface area contributed by atoms with E-state index in [9.17, 15) is 9.59 Å². The van der Waals surface area contributed by atoms with Gasteiger partial charge in [0.25, 0.3) is 5.84 Å². The van der Waals surface area contributed by atoms with E-state index in [0.29, 0.717) is 4.90 Å². The molecule has 2 atom stereocenters. The second kappa shape index (κ2) is 5.14. The van der Waals surface area contributed by atoms with E-state index in [0.717, 1.165) is 7.11 Å². The summed E-state index contributed by atoms with van der Waals surface area (Å²) in [6.07, 6.45) is 0. The van der Waals surface area contributed by atoms with E-state index in [-0.39, 0.29) is 0 Å². The first kappa shape index (κ1) is 12.7. The van der Waals surface area contributed by atoms with Crippen LogP contribution in [0.2, 0.25) is 0 Å². The number of carbonyl (C=O) groups excluding carboxylic acids is 2. The Kier molecular flexibility index (Phi) is 3.86. The molecule has 0 saturated carbocycles. The van der Waals surface area contributed by atoms with Crippen LogP contribution < -0.4 is 0 Å². The number of hydrogen-bond donors (Lipinski definition) is 2. The molecule has 1 heterocycles.